The third-order valence-corrected chi connectivity index (χ3v) is 1.07. The molecule has 0 amide bonds. The predicted molar refractivity (Wildman–Crippen MR) is 31.7 cm³/mol. The van der Waals surface area contributed by atoms with Crippen LogP contribution in [0, 0.1) is 0 Å². The quantitative estimate of drug-likeness (QED) is 0.548. The van der Waals surface area contributed by atoms with Crippen LogP contribution in [0.2, 0.25) is 0 Å². The van der Waals surface area contributed by atoms with Crippen molar-refractivity contribution in [2.45, 2.75) is 18.5 Å². The molecule has 0 rings (SSSR count). The highest BCUT2D eigenvalue weighted by Gasteiger charge is 2.61. The van der Waals surface area contributed by atoms with Crippen LogP contribution in [-0.2, 0) is 9.59 Å². The minimum atomic E-state index is -5.98. The maximum Gasteiger partial charge on any atom is 0.456 e. The molecule has 0 aromatic rings. The molecule has 0 aromatic heterocycles. The van der Waals surface area contributed by atoms with E-state index >= 15 is 0 Å². The maximum atomic E-state index is 12.1. The standard InChI is InChI=1S/C5H2F6O3.H2O/c6-2(13)1(12)4(7,8)3(14)5(9,10)11;/h2,13H;1H2. The van der Waals surface area contributed by atoms with Gasteiger partial charge in [0, 0.05) is 0 Å². The molecular formula is C5H4F6O4. The number of ketones is 2. The van der Waals surface area contributed by atoms with Gasteiger partial charge >= 0.3 is 17.9 Å². The molecule has 0 saturated heterocycles. The molecule has 3 N–H and O–H groups in total. The summed E-state index contributed by atoms with van der Waals surface area (Å²) in [4.78, 5) is 19.8. The molecule has 0 saturated carbocycles. The van der Waals surface area contributed by atoms with Gasteiger partial charge in [-0.15, -0.1) is 0 Å². The third kappa shape index (κ3) is 3.47. The highest BCUT2D eigenvalue weighted by Crippen LogP contribution is 2.29. The van der Waals surface area contributed by atoms with E-state index in [1.165, 1.54) is 0 Å². The molecule has 0 radical (unpaired) electrons. The highest BCUT2D eigenvalue weighted by atomic mass is 19.4. The van der Waals surface area contributed by atoms with E-state index in [2.05, 4.69) is 0 Å². The van der Waals surface area contributed by atoms with Crippen molar-refractivity contribution in [3.8, 4) is 0 Å². The summed E-state index contributed by atoms with van der Waals surface area (Å²) in [5.41, 5.74) is 0. The topological polar surface area (TPSA) is 85.9 Å². The Labute approximate surface area is 77.8 Å². The number of hydrogen-bond acceptors (Lipinski definition) is 3. The Morgan fingerprint density at radius 3 is 1.60 bits per heavy atom. The summed E-state index contributed by atoms with van der Waals surface area (Å²) < 4.78 is 70.0. The molecule has 0 aliphatic rings. The van der Waals surface area contributed by atoms with Gasteiger partial charge in [-0.1, -0.05) is 0 Å². The van der Waals surface area contributed by atoms with Gasteiger partial charge in [-0.2, -0.15) is 22.0 Å². The van der Waals surface area contributed by atoms with Crippen molar-refractivity contribution in [3.05, 3.63) is 0 Å². The first-order valence-electron chi connectivity index (χ1n) is 2.87. The molecule has 0 bridgehead atoms. The van der Waals surface area contributed by atoms with Crippen LogP contribution in [0.4, 0.5) is 26.3 Å². The Bertz CT molecular complexity index is 257. The van der Waals surface area contributed by atoms with Crippen molar-refractivity contribution in [3.63, 3.8) is 0 Å². The molecule has 0 aliphatic carbocycles. The van der Waals surface area contributed by atoms with E-state index in [4.69, 9.17) is 5.11 Å². The second-order valence-corrected chi connectivity index (χ2v) is 2.10. The number of aliphatic hydroxyl groups is 1. The predicted octanol–water partition coefficient (Wildman–Crippen LogP) is -0.215. The molecule has 10 heteroatoms. The smallest absolute Gasteiger partial charge is 0.412 e. The van der Waals surface area contributed by atoms with Gasteiger partial charge in [-0.3, -0.25) is 9.59 Å². The van der Waals surface area contributed by atoms with Gasteiger partial charge in [-0.25, -0.2) is 4.39 Å². The molecule has 0 spiro atoms. The van der Waals surface area contributed by atoms with Crippen LogP contribution in [0.5, 0.6) is 0 Å². The van der Waals surface area contributed by atoms with E-state index in [1.54, 1.807) is 0 Å². The van der Waals surface area contributed by atoms with Crippen LogP contribution >= 0.6 is 0 Å². The van der Waals surface area contributed by atoms with E-state index in [-0.39, 0.29) is 5.48 Å². The van der Waals surface area contributed by atoms with E-state index in [0.717, 1.165) is 0 Å². The fourth-order valence-electron chi connectivity index (χ4n) is 0.439. The van der Waals surface area contributed by atoms with Crippen molar-refractivity contribution in [1.82, 2.24) is 0 Å². The Balaban J connectivity index is 0. The normalized spacial score (nSPS) is 14.1. The van der Waals surface area contributed by atoms with Crippen LogP contribution in [0.25, 0.3) is 0 Å². The summed E-state index contributed by atoms with van der Waals surface area (Å²) in [5, 5.41) is 7.66. The Hall–Kier alpha value is -1.16. The van der Waals surface area contributed by atoms with Crippen LogP contribution in [-0.4, -0.2) is 40.6 Å². The van der Waals surface area contributed by atoms with Crippen molar-refractivity contribution < 1.29 is 46.5 Å². The lowest BCUT2D eigenvalue weighted by molar-refractivity contribution is -0.200. The van der Waals surface area contributed by atoms with E-state index in [9.17, 15) is 35.9 Å². The number of rotatable bonds is 3. The number of alkyl halides is 6. The molecule has 0 aromatic carbocycles. The SMILES string of the molecule is O.O=C(C(O)F)C(F)(F)C(=O)C(F)(F)F. The lowest BCUT2D eigenvalue weighted by Crippen LogP contribution is -2.49. The van der Waals surface area contributed by atoms with Crippen molar-refractivity contribution in [2.75, 3.05) is 0 Å². The fourth-order valence-corrected chi connectivity index (χ4v) is 0.439. The zero-order valence-electron chi connectivity index (χ0n) is 6.61. The largest absolute Gasteiger partial charge is 0.456 e. The van der Waals surface area contributed by atoms with Gasteiger partial charge < -0.3 is 10.6 Å². The molecule has 0 fully saturated rings. The van der Waals surface area contributed by atoms with Crippen molar-refractivity contribution in [1.29, 1.82) is 0 Å². The van der Waals surface area contributed by atoms with E-state index in [0.29, 0.717) is 0 Å². The first-order chi connectivity index (χ1) is 6.01. The summed E-state index contributed by atoms with van der Waals surface area (Å²) in [6.07, 6.45) is -9.81. The highest BCUT2D eigenvalue weighted by molar-refractivity contribution is 6.11. The Morgan fingerprint density at radius 1 is 1.07 bits per heavy atom. The second kappa shape index (κ2) is 4.57. The molecule has 0 aliphatic heterocycles. The fraction of sp³-hybridized carbons (Fsp3) is 0.600. The van der Waals surface area contributed by atoms with Gasteiger partial charge in [-0.05, 0) is 0 Å². The average molecular weight is 242 g/mol. The average Bonchev–Trinajstić information content (AvgIpc) is 1.99. The van der Waals surface area contributed by atoms with Crippen LogP contribution in [0.1, 0.15) is 0 Å². The summed E-state index contributed by atoms with van der Waals surface area (Å²) in [7, 11) is 0. The lowest BCUT2D eigenvalue weighted by Gasteiger charge is -2.14. The summed E-state index contributed by atoms with van der Waals surface area (Å²) >= 11 is 0. The molecule has 4 nitrogen and oxygen atoms in total. The summed E-state index contributed by atoms with van der Waals surface area (Å²) in [6, 6.07) is 0. The number of carbonyl (C=O) groups is 2. The zero-order chi connectivity index (χ0) is 11.7. The summed E-state index contributed by atoms with van der Waals surface area (Å²) in [5.74, 6) is -12.5. The van der Waals surface area contributed by atoms with Gasteiger partial charge in [0.2, 0.25) is 0 Å². The van der Waals surface area contributed by atoms with Gasteiger partial charge in [0.05, 0.1) is 0 Å². The molecule has 90 valence electrons. The zero-order valence-corrected chi connectivity index (χ0v) is 6.61. The number of hydrogen-bond donors (Lipinski definition) is 1. The molecule has 1 unspecified atom stereocenters. The molecule has 15 heavy (non-hydrogen) atoms. The van der Waals surface area contributed by atoms with Crippen LogP contribution in [0.15, 0.2) is 0 Å². The van der Waals surface area contributed by atoms with Gasteiger partial charge in [0.15, 0.2) is 0 Å². The third-order valence-electron chi connectivity index (χ3n) is 1.07. The number of carbonyl (C=O) groups excluding carboxylic acids is 2. The number of aliphatic hydroxyl groups excluding tert-OH is 1. The monoisotopic (exact) mass is 242 g/mol. The molecular weight excluding hydrogens is 238 g/mol. The Morgan fingerprint density at radius 2 is 1.40 bits per heavy atom. The molecule has 0 heterocycles. The van der Waals surface area contributed by atoms with E-state index in [1.807, 2.05) is 0 Å². The summed E-state index contributed by atoms with van der Waals surface area (Å²) in [6.45, 7) is 0. The van der Waals surface area contributed by atoms with Crippen LogP contribution < -0.4 is 0 Å². The Kier molecular flexibility index (Phi) is 4.96. The first kappa shape index (κ1) is 16.3. The van der Waals surface area contributed by atoms with Crippen LogP contribution in [0.3, 0.4) is 0 Å². The lowest BCUT2D eigenvalue weighted by atomic mass is 10.1. The van der Waals surface area contributed by atoms with Crippen molar-refractivity contribution in [2.24, 2.45) is 0 Å². The minimum Gasteiger partial charge on any atom is -0.412 e. The van der Waals surface area contributed by atoms with E-state index < -0.39 is 30.0 Å². The second-order valence-electron chi connectivity index (χ2n) is 2.10. The maximum absolute atomic E-state index is 12.1. The van der Waals surface area contributed by atoms with Crippen molar-refractivity contribution >= 4 is 11.6 Å². The number of Topliss-reactive ketones (excluding diaryl/α,β-unsaturated/α-hetero) is 2. The van der Waals surface area contributed by atoms with Gasteiger partial charge in [0.25, 0.3) is 12.1 Å². The minimum absolute atomic E-state index is 0. The first-order valence-corrected chi connectivity index (χ1v) is 2.87. The number of halogens is 6. The molecule has 1 atom stereocenters. The van der Waals surface area contributed by atoms with Gasteiger partial charge in [0.1, 0.15) is 0 Å².